The van der Waals surface area contributed by atoms with Gasteiger partial charge in [0.15, 0.2) is 0 Å². The van der Waals surface area contributed by atoms with Crippen molar-refractivity contribution in [3.05, 3.63) is 11.3 Å². The summed E-state index contributed by atoms with van der Waals surface area (Å²) in [6.07, 6.45) is 1.34. The lowest BCUT2D eigenvalue weighted by molar-refractivity contribution is -0.136. The normalized spacial score (nSPS) is 22.2. The van der Waals surface area contributed by atoms with E-state index in [4.69, 9.17) is 10.5 Å². The number of carbonyl (C=O) groups is 1. The third kappa shape index (κ3) is 2.01. The van der Waals surface area contributed by atoms with Crippen LogP contribution < -0.4 is 5.73 Å². The summed E-state index contributed by atoms with van der Waals surface area (Å²) < 4.78 is 9.95. The van der Waals surface area contributed by atoms with Crippen LogP contribution in [0.2, 0.25) is 0 Å². The topological polar surface area (TPSA) is 61.5 Å². The van der Waals surface area contributed by atoms with E-state index >= 15 is 0 Å². The first kappa shape index (κ1) is 10.1. The molecule has 0 radical (unpaired) electrons. The average molecular weight is 185 g/mol. The number of ether oxygens (including phenoxy) is 2. The van der Waals surface area contributed by atoms with Crippen molar-refractivity contribution >= 4 is 5.97 Å². The number of nitrogens with two attached hydrogens (primary N) is 1. The van der Waals surface area contributed by atoms with Gasteiger partial charge in [-0.25, -0.2) is 4.79 Å². The average Bonchev–Trinajstić information content (AvgIpc) is 2.48. The minimum Gasteiger partial charge on any atom is -0.466 e. The summed E-state index contributed by atoms with van der Waals surface area (Å²) in [6, 6.07) is 0. The van der Waals surface area contributed by atoms with Gasteiger partial charge in [0, 0.05) is 12.3 Å². The lowest BCUT2D eigenvalue weighted by Gasteiger charge is -2.10. The lowest BCUT2D eigenvalue weighted by Crippen LogP contribution is -2.19. The van der Waals surface area contributed by atoms with Gasteiger partial charge in [-0.05, 0) is 19.8 Å². The largest absolute Gasteiger partial charge is 0.466 e. The van der Waals surface area contributed by atoms with Gasteiger partial charge in [-0.2, -0.15) is 0 Å². The smallest absolute Gasteiger partial charge is 0.335 e. The van der Waals surface area contributed by atoms with Crippen molar-refractivity contribution in [1.82, 2.24) is 0 Å². The Bertz CT molecular complexity index is 235. The Kier molecular flexibility index (Phi) is 3.31. The molecule has 0 bridgehead atoms. The summed E-state index contributed by atoms with van der Waals surface area (Å²) in [5, 5.41) is 0. The van der Waals surface area contributed by atoms with Gasteiger partial charge in [-0.3, -0.25) is 0 Å². The fourth-order valence-corrected chi connectivity index (χ4v) is 1.49. The number of methoxy groups -OCH3 is 1. The number of carbonyl (C=O) groups excluding carboxylic acids is 1. The molecule has 4 heteroatoms. The Morgan fingerprint density at radius 3 is 2.92 bits per heavy atom. The number of esters is 1. The van der Waals surface area contributed by atoms with Gasteiger partial charge in [0.05, 0.1) is 18.8 Å². The second-order valence-electron chi connectivity index (χ2n) is 2.91. The number of rotatable bonds is 3. The van der Waals surface area contributed by atoms with Gasteiger partial charge in [0.2, 0.25) is 0 Å². The summed E-state index contributed by atoms with van der Waals surface area (Å²) >= 11 is 0. The van der Waals surface area contributed by atoms with E-state index in [0.717, 1.165) is 6.42 Å². The van der Waals surface area contributed by atoms with Gasteiger partial charge >= 0.3 is 5.97 Å². The van der Waals surface area contributed by atoms with E-state index in [1.165, 1.54) is 7.11 Å². The molecule has 74 valence electrons. The SMILES string of the molecule is CCOC1CCC(C(=O)OC)=C1N. The summed E-state index contributed by atoms with van der Waals surface area (Å²) in [5.74, 6) is -0.334. The molecule has 0 aliphatic heterocycles. The fourth-order valence-electron chi connectivity index (χ4n) is 1.49. The molecule has 1 aliphatic rings. The molecule has 0 spiro atoms. The van der Waals surface area contributed by atoms with Crippen molar-refractivity contribution in [3.8, 4) is 0 Å². The van der Waals surface area contributed by atoms with Crippen molar-refractivity contribution in [2.24, 2.45) is 5.73 Å². The minimum atomic E-state index is -0.334. The zero-order chi connectivity index (χ0) is 9.84. The van der Waals surface area contributed by atoms with Crippen molar-refractivity contribution in [2.45, 2.75) is 25.9 Å². The maximum atomic E-state index is 11.2. The first-order valence-corrected chi connectivity index (χ1v) is 4.39. The summed E-state index contributed by atoms with van der Waals surface area (Å²) in [5.41, 5.74) is 6.85. The molecule has 0 saturated carbocycles. The summed E-state index contributed by atoms with van der Waals surface area (Å²) in [6.45, 7) is 2.52. The molecule has 4 nitrogen and oxygen atoms in total. The van der Waals surface area contributed by atoms with E-state index in [1.54, 1.807) is 0 Å². The molecule has 2 N–H and O–H groups in total. The maximum Gasteiger partial charge on any atom is 0.335 e. The highest BCUT2D eigenvalue weighted by Crippen LogP contribution is 2.26. The third-order valence-electron chi connectivity index (χ3n) is 2.15. The van der Waals surface area contributed by atoms with Crippen LogP contribution in [0.1, 0.15) is 19.8 Å². The van der Waals surface area contributed by atoms with Crippen LogP contribution in [0.5, 0.6) is 0 Å². The highest BCUT2D eigenvalue weighted by atomic mass is 16.5. The van der Waals surface area contributed by atoms with Gasteiger partial charge in [-0.1, -0.05) is 0 Å². The van der Waals surface area contributed by atoms with Crippen LogP contribution in [0.15, 0.2) is 11.3 Å². The first-order valence-electron chi connectivity index (χ1n) is 4.39. The highest BCUT2D eigenvalue weighted by molar-refractivity contribution is 5.89. The minimum absolute atomic E-state index is 0.0981. The van der Waals surface area contributed by atoms with Crippen LogP contribution in [-0.4, -0.2) is 25.8 Å². The second kappa shape index (κ2) is 4.28. The lowest BCUT2D eigenvalue weighted by atomic mass is 10.2. The van der Waals surface area contributed by atoms with Gasteiger partial charge < -0.3 is 15.2 Å². The molecule has 0 aromatic rings. The monoisotopic (exact) mass is 185 g/mol. The van der Waals surface area contributed by atoms with Crippen LogP contribution in [0.3, 0.4) is 0 Å². The number of hydrogen-bond donors (Lipinski definition) is 1. The van der Waals surface area contributed by atoms with E-state index in [9.17, 15) is 4.79 Å². The Labute approximate surface area is 77.7 Å². The Morgan fingerprint density at radius 2 is 2.38 bits per heavy atom. The van der Waals surface area contributed by atoms with Crippen LogP contribution >= 0.6 is 0 Å². The Hall–Kier alpha value is -1.03. The molecule has 0 fully saturated rings. The molecule has 0 amide bonds. The van der Waals surface area contributed by atoms with Gasteiger partial charge in [0.1, 0.15) is 0 Å². The molecule has 1 rings (SSSR count). The predicted octanol–water partition coefficient (Wildman–Crippen LogP) is 0.571. The zero-order valence-electron chi connectivity index (χ0n) is 8.00. The molecule has 13 heavy (non-hydrogen) atoms. The maximum absolute atomic E-state index is 11.2. The van der Waals surface area contributed by atoms with E-state index in [1.807, 2.05) is 6.92 Å². The van der Waals surface area contributed by atoms with E-state index in [2.05, 4.69) is 4.74 Å². The molecule has 1 atom stereocenters. The van der Waals surface area contributed by atoms with E-state index in [-0.39, 0.29) is 12.1 Å². The summed E-state index contributed by atoms with van der Waals surface area (Å²) in [7, 11) is 1.36. The van der Waals surface area contributed by atoms with Crippen LogP contribution in [0, 0.1) is 0 Å². The zero-order valence-corrected chi connectivity index (χ0v) is 8.00. The molecule has 1 aliphatic carbocycles. The highest BCUT2D eigenvalue weighted by Gasteiger charge is 2.28. The van der Waals surface area contributed by atoms with E-state index < -0.39 is 0 Å². The molecule has 0 saturated heterocycles. The standard InChI is InChI=1S/C9H15NO3/c1-3-13-7-5-4-6(8(7)10)9(11)12-2/h7H,3-5,10H2,1-2H3. The van der Waals surface area contributed by atoms with Gasteiger partial charge in [-0.15, -0.1) is 0 Å². The third-order valence-corrected chi connectivity index (χ3v) is 2.15. The second-order valence-corrected chi connectivity index (χ2v) is 2.91. The van der Waals surface area contributed by atoms with Crippen molar-refractivity contribution < 1.29 is 14.3 Å². The molecular formula is C9H15NO3. The molecular weight excluding hydrogens is 170 g/mol. The van der Waals surface area contributed by atoms with Gasteiger partial charge in [0.25, 0.3) is 0 Å². The molecule has 0 heterocycles. The van der Waals surface area contributed by atoms with Crippen molar-refractivity contribution in [3.63, 3.8) is 0 Å². The molecule has 1 unspecified atom stereocenters. The van der Waals surface area contributed by atoms with Crippen molar-refractivity contribution in [2.75, 3.05) is 13.7 Å². The van der Waals surface area contributed by atoms with Crippen molar-refractivity contribution in [1.29, 1.82) is 0 Å². The predicted molar refractivity (Wildman–Crippen MR) is 47.9 cm³/mol. The number of hydrogen-bond acceptors (Lipinski definition) is 4. The van der Waals surface area contributed by atoms with Crippen LogP contribution in [0.25, 0.3) is 0 Å². The summed E-state index contributed by atoms with van der Waals surface area (Å²) in [4.78, 5) is 11.2. The van der Waals surface area contributed by atoms with Crippen LogP contribution in [0.4, 0.5) is 0 Å². The molecule has 0 aromatic heterocycles. The Balaban J connectivity index is 2.69. The Morgan fingerprint density at radius 1 is 1.69 bits per heavy atom. The first-order chi connectivity index (χ1) is 6.20. The quantitative estimate of drug-likeness (QED) is 0.653. The molecule has 0 aromatic carbocycles. The van der Waals surface area contributed by atoms with Crippen LogP contribution in [-0.2, 0) is 14.3 Å². The fraction of sp³-hybridized carbons (Fsp3) is 0.667. The van der Waals surface area contributed by atoms with E-state index in [0.29, 0.717) is 24.3 Å².